The third kappa shape index (κ3) is 2.84. The van der Waals surface area contributed by atoms with Gasteiger partial charge in [0.05, 0.1) is 16.1 Å². The summed E-state index contributed by atoms with van der Waals surface area (Å²) < 4.78 is 0. The molecule has 0 aromatic carbocycles. The maximum absolute atomic E-state index is 12.0. The molecule has 2 heterocycles. The summed E-state index contributed by atoms with van der Waals surface area (Å²) in [4.78, 5) is 17.5. The van der Waals surface area contributed by atoms with Gasteiger partial charge < -0.3 is 5.32 Å². The summed E-state index contributed by atoms with van der Waals surface area (Å²) in [5, 5.41) is 5.10. The highest BCUT2D eigenvalue weighted by Crippen LogP contribution is 2.22. The van der Waals surface area contributed by atoms with Crippen LogP contribution in [0.2, 0.25) is 0 Å². The van der Waals surface area contributed by atoms with Crippen molar-refractivity contribution in [3.63, 3.8) is 0 Å². The van der Waals surface area contributed by atoms with E-state index in [1.807, 2.05) is 29.6 Å². The zero-order valence-corrected chi connectivity index (χ0v) is 11.5. The molecule has 3 nitrogen and oxygen atoms in total. The van der Waals surface area contributed by atoms with Crippen LogP contribution in [0.25, 0.3) is 10.6 Å². The van der Waals surface area contributed by atoms with Crippen LogP contribution in [0.5, 0.6) is 0 Å². The lowest BCUT2D eigenvalue weighted by atomic mass is 10.2. The summed E-state index contributed by atoms with van der Waals surface area (Å²) in [6, 6.07) is 8.15. The van der Waals surface area contributed by atoms with Crippen LogP contribution >= 0.6 is 11.3 Å². The van der Waals surface area contributed by atoms with Gasteiger partial charge in [-0.15, -0.1) is 11.3 Å². The predicted molar refractivity (Wildman–Crippen MR) is 77.3 cm³/mol. The normalized spacial score (nSPS) is 15.6. The van der Waals surface area contributed by atoms with Crippen molar-refractivity contribution in [2.45, 2.75) is 31.7 Å². The lowest BCUT2D eigenvalue weighted by Crippen LogP contribution is -2.32. The second kappa shape index (κ2) is 5.53. The molecule has 2 aromatic heterocycles. The van der Waals surface area contributed by atoms with Crippen LogP contribution in [0.15, 0.2) is 35.8 Å². The summed E-state index contributed by atoms with van der Waals surface area (Å²) >= 11 is 1.65. The summed E-state index contributed by atoms with van der Waals surface area (Å²) in [5.41, 5.74) is 1.57. The number of aromatic nitrogens is 1. The highest BCUT2D eigenvalue weighted by Gasteiger charge is 2.18. The van der Waals surface area contributed by atoms with E-state index in [9.17, 15) is 4.79 Å². The smallest absolute Gasteiger partial charge is 0.253 e. The Hall–Kier alpha value is -1.68. The highest BCUT2D eigenvalue weighted by molar-refractivity contribution is 7.13. The molecule has 0 unspecified atom stereocenters. The molecule has 19 heavy (non-hydrogen) atoms. The first-order chi connectivity index (χ1) is 9.33. The summed E-state index contributed by atoms with van der Waals surface area (Å²) in [6.45, 7) is 0. The van der Waals surface area contributed by atoms with E-state index in [1.165, 1.54) is 12.8 Å². The maximum atomic E-state index is 12.0. The van der Waals surface area contributed by atoms with Gasteiger partial charge in [-0.05, 0) is 36.4 Å². The van der Waals surface area contributed by atoms with Crippen molar-refractivity contribution in [3.8, 4) is 10.6 Å². The first kappa shape index (κ1) is 12.4. The zero-order valence-electron chi connectivity index (χ0n) is 10.6. The van der Waals surface area contributed by atoms with E-state index in [1.54, 1.807) is 17.5 Å². The Kier molecular flexibility index (Phi) is 3.60. The zero-order chi connectivity index (χ0) is 13.1. The third-order valence-corrected chi connectivity index (χ3v) is 4.38. The van der Waals surface area contributed by atoms with Crippen molar-refractivity contribution < 1.29 is 4.79 Å². The quantitative estimate of drug-likeness (QED) is 0.929. The number of nitrogens with one attached hydrogen (secondary N) is 1. The molecule has 2 aromatic rings. The summed E-state index contributed by atoms with van der Waals surface area (Å²) in [7, 11) is 0. The lowest BCUT2D eigenvalue weighted by molar-refractivity contribution is 0.0937. The van der Waals surface area contributed by atoms with E-state index in [2.05, 4.69) is 10.3 Å². The number of carbonyl (C=O) groups is 1. The SMILES string of the molecule is O=C(NC1CCCC1)c1ccc(-c2cccs2)nc1. The second-order valence-corrected chi connectivity index (χ2v) is 5.81. The maximum Gasteiger partial charge on any atom is 0.253 e. The van der Waals surface area contributed by atoms with E-state index in [4.69, 9.17) is 0 Å². The topological polar surface area (TPSA) is 42.0 Å². The van der Waals surface area contributed by atoms with Gasteiger partial charge in [-0.3, -0.25) is 9.78 Å². The Morgan fingerprint density at radius 3 is 2.74 bits per heavy atom. The first-order valence-electron chi connectivity index (χ1n) is 6.64. The van der Waals surface area contributed by atoms with Gasteiger partial charge in [-0.2, -0.15) is 0 Å². The van der Waals surface area contributed by atoms with E-state index in [0.717, 1.165) is 23.4 Å². The number of hydrogen-bond acceptors (Lipinski definition) is 3. The van der Waals surface area contributed by atoms with Crippen molar-refractivity contribution >= 4 is 17.2 Å². The van der Waals surface area contributed by atoms with Gasteiger partial charge in [-0.25, -0.2) is 0 Å². The Bertz CT molecular complexity index is 542. The number of thiophene rings is 1. The van der Waals surface area contributed by atoms with Crippen molar-refractivity contribution in [1.82, 2.24) is 10.3 Å². The molecule has 0 spiro atoms. The van der Waals surface area contributed by atoms with E-state index in [-0.39, 0.29) is 5.91 Å². The fourth-order valence-corrected chi connectivity index (χ4v) is 3.14. The monoisotopic (exact) mass is 272 g/mol. The molecule has 4 heteroatoms. The molecule has 0 atom stereocenters. The Balaban J connectivity index is 1.69. The molecule has 1 aliphatic carbocycles. The Morgan fingerprint density at radius 1 is 1.26 bits per heavy atom. The van der Waals surface area contributed by atoms with Crippen molar-refractivity contribution in [2.75, 3.05) is 0 Å². The average Bonchev–Trinajstić information content (AvgIpc) is 3.12. The number of amides is 1. The van der Waals surface area contributed by atoms with E-state index >= 15 is 0 Å². The Labute approximate surface area is 116 Å². The van der Waals surface area contributed by atoms with Crippen molar-refractivity contribution in [1.29, 1.82) is 0 Å². The van der Waals surface area contributed by atoms with Crippen LogP contribution < -0.4 is 5.32 Å². The number of carbonyl (C=O) groups excluding carboxylic acids is 1. The van der Waals surface area contributed by atoms with Crippen LogP contribution in [0.1, 0.15) is 36.0 Å². The van der Waals surface area contributed by atoms with Crippen LogP contribution in [0.3, 0.4) is 0 Å². The fourth-order valence-electron chi connectivity index (χ4n) is 2.44. The first-order valence-corrected chi connectivity index (χ1v) is 7.52. The predicted octanol–water partition coefficient (Wildman–Crippen LogP) is 3.48. The average molecular weight is 272 g/mol. The molecule has 1 fully saturated rings. The number of nitrogens with zero attached hydrogens (tertiary/aromatic N) is 1. The summed E-state index contributed by atoms with van der Waals surface area (Å²) in [5.74, 6) is -0.00266. The third-order valence-electron chi connectivity index (χ3n) is 3.49. The van der Waals surface area contributed by atoms with Gasteiger partial charge in [0.2, 0.25) is 0 Å². The fraction of sp³-hybridized carbons (Fsp3) is 0.333. The van der Waals surface area contributed by atoms with Crippen LogP contribution in [0, 0.1) is 0 Å². The molecule has 98 valence electrons. The van der Waals surface area contributed by atoms with Crippen molar-refractivity contribution in [3.05, 3.63) is 41.4 Å². The minimum Gasteiger partial charge on any atom is -0.349 e. The van der Waals surface area contributed by atoms with E-state index < -0.39 is 0 Å². The Morgan fingerprint density at radius 2 is 2.11 bits per heavy atom. The minimum atomic E-state index is -0.00266. The number of hydrogen-bond donors (Lipinski definition) is 1. The van der Waals surface area contributed by atoms with Gasteiger partial charge in [0, 0.05) is 12.2 Å². The molecule has 1 saturated carbocycles. The molecule has 1 aliphatic rings. The van der Waals surface area contributed by atoms with Crippen LogP contribution in [-0.4, -0.2) is 16.9 Å². The number of rotatable bonds is 3. The molecule has 0 bridgehead atoms. The number of pyridine rings is 1. The van der Waals surface area contributed by atoms with E-state index in [0.29, 0.717) is 11.6 Å². The minimum absolute atomic E-state index is 0.00266. The van der Waals surface area contributed by atoms with Crippen molar-refractivity contribution in [2.24, 2.45) is 0 Å². The van der Waals surface area contributed by atoms with Gasteiger partial charge >= 0.3 is 0 Å². The van der Waals surface area contributed by atoms with Crippen LogP contribution in [-0.2, 0) is 0 Å². The van der Waals surface area contributed by atoms with Gasteiger partial charge in [0.25, 0.3) is 5.91 Å². The van der Waals surface area contributed by atoms with Crippen LogP contribution in [0.4, 0.5) is 0 Å². The molecule has 0 saturated heterocycles. The standard InChI is InChI=1S/C15H16N2OS/c18-15(17-12-4-1-2-5-12)11-7-8-13(16-10-11)14-6-3-9-19-14/h3,6-10,12H,1-2,4-5H2,(H,17,18). The molecule has 0 aliphatic heterocycles. The van der Waals surface area contributed by atoms with Gasteiger partial charge in [0.15, 0.2) is 0 Å². The largest absolute Gasteiger partial charge is 0.349 e. The molecule has 1 amide bonds. The molecule has 1 N–H and O–H groups in total. The molecular weight excluding hydrogens is 256 g/mol. The van der Waals surface area contributed by atoms with Gasteiger partial charge in [0.1, 0.15) is 0 Å². The lowest BCUT2D eigenvalue weighted by Gasteiger charge is -2.11. The molecular formula is C15H16N2OS. The molecule has 0 radical (unpaired) electrons. The highest BCUT2D eigenvalue weighted by atomic mass is 32.1. The summed E-state index contributed by atoms with van der Waals surface area (Å²) in [6.07, 6.45) is 6.32. The molecule has 3 rings (SSSR count). The van der Waals surface area contributed by atoms with Gasteiger partial charge in [-0.1, -0.05) is 18.9 Å². The second-order valence-electron chi connectivity index (χ2n) is 4.86.